The Morgan fingerprint density at radius 2 is 1.91 bits per heavy atom. The van der Waals surface area contributed by atoms with Gasteiger partial charge in [0.1, 0.15) is 5.58 Å². The zero-order valence-electron chi connectivity index (χ0n) is 11.8. The first-order chi connectivity index (χ1) is 10.5. The summed E-state index contributed by atoms with van der Waals surface area (Å²) in [5.74, 6) is 0.159. The van der Waals surface area contributed by atoms with Crippen LogP contribution in [0.3, 0.4) is 0 Å². The maximum atomic E-state index is 12.5. The van der Waals surface area contributed by atoms with E-state index in [1.807, 2.05) is 24.3 Å². The number of benzene rings is 2. The SMILES string of the molecule is CN(Cc1ccc(Br)cc1)C(=O)c1cc2cc(Cl)ccc2o1. The van der Waals surface area contributed by atoms with Crippen molar-refractivity contribution in [2.75, 3.05) is 7.05 Å². The fraction of sp³-hybridized carbons (Fsp3) is 0.118. The second-order valence-electron chi connectivity index (χ2n) is 5.08. The van der Waals surface area contributed by atoms with Crippen LogP contribution in [-0.2, 0) is 6.54 Å². The summed E-state index contributed by atoms with van der Waals surface area (Å²) in [5, 5.41) is 1.45. The normalized spacial score (nSPS) is 10.9. The third kappa shape index (κ3) is 3.18. The fourth-order valence-corrected chi connectivity index (χ4v) is 2.69. The highest BCUT2D eigenvalue weighted by atomic mass is 79.9. The molecule has 0 spiro atoms. The molecule has 0 radical (unpaired) electrons. The Balaban J connectivity index is 1.80. The quantitative estimate of drug-likeness (QED) is 0.634. The standard InChI is InChI=1S/C17H13BrClNO2/c1-20(10-11-2-4-13(18)5-3-11)17(21)16-9-12-8-14(19)6-7-15(12)22-16/h2-9H,10H2,1H3. The molecule has 5 heteroatoms. The van der Waals surface area contributed by atoms with E-state index in [-0.39, 0.29) is 5.91 Å². The van der Waals surface area contributed by atoms with Gasteiger partial charge in [-0.2, -0.15) is 0 Å². The summed E-state index contributed by atoms with van der Waals surface area (Å²) in [6, 6.07) is 14.9. The van der Waals surface area contributed by atoms with Crippen molar-refractivity contribution in [3.05, 3.63) is 69.3 Å². The second-order valence-corrected chi connectivity index (χ2v) is 6.43. The maximum Gasteiger partial charge on any atom is 0.289 e. The van der Waals surface area contributed by atoms with Gasteiger partial charge in [-0.1, -0.05) is 39.7 Å². The Kier molecular flexibility index (Phi) is 4.23. The highest BCUT2D eigenvalue weighted by Gasteiger charge is 2.17. The molecule has 3 aromatic rings. The van der Waals surface area contributed by atoms with Crippen LogP contribution in [0.2, 0.25) is 5.02 Å². The second kappa shape index (κ2) is 6.15. The molecule has 3 rings (SSSR count). The molecule has 112 valence electrons. The number of amides is 1. The average Bonchev–Trinajstić information content (AvgIpc) is 2.91. The maximum absolute atomic E-state index is 12.5. The van der Waals surface area contributed by atoms with Gasteiger partial charge >= 0.3 is 0 Å². The molecule has 0 atom stereocenters. The first-order valence-corrected chi connectivity index (χ1v) is 7.89. The largest absolute Gasteiger partial charge is 0.451 e. The summed E-state index contributed by atoms with van der Waals surface area (Å²) in [6.07, 6.45) is 0. The van der Waals surface area contributed by atoms with Crippen molar-refractivity contribution in [1.29, 1.82) is 0 Å². The minimum Gasteiger partial charge on any atom is -0.451 e. The lowest BCUT2D eigenvalue weighted by molar-refractivity contribution is 0.0756. The summed E-state index contributed by atoms with van der Waals surface area (Å²) in [4.78, 5) is 14.1. The molecule has 0 N–H and O–H groups in total. The molecule has 0 fully saturated rings. The highest BCUT2D eigenvalue weighted by Crippen LogP contribution is 2.24. The van der Waals surface area contributed by atoms with E-state index in [2.05, 4.69) is 15.9 Å². The predicted octanol–water partition coefficient (Wildman–Crippen LogP) is 5.12. The molecule has 2 aromatic carbocycles. The summed E-state index contributed by atoms with van der Waals surface area (Å²) < 4.78 is 6.62. The van der Waals surface area contributed by atoms with E-state index in [0.29, 0.717) is 22.9 Å². The van der Waals surface area contributed by atoms with Crippen molar-refractivity contribution in [3.63, 3.8) is 0 Å². The number of fused-ring (bicyclic) bond motifs is 1. The number of halogens is 2. The van der Waals surface area contributed by atoms with Crippen LogP contribution in [0.4, 0.5) is 0 Å². The summed E-state index contributed by atoms with van der Waals surface area (Å²) in [5.41, 5.74) is 1.71. The molecule has 1 amide bonds. The van der Waals surface area contributed by atoms with Gasteiger partial charge in [-0.3, -0.25) is 4.79 Å². The van der Waals surface area contributed by atoms with Gasteiger partial charge in [-0.25, -0.2) is 0 Å². The first kappa shape index (κ1) is 15.1. The molecule has 0 aliphatic heterocycles. The van der Waals surface area contributed by atoms with Gasteiger partial charge in [-0.15, -0.1) is 0 Å². The lowest BCUT2D eigenvalue weighted by Gasteiger charge is -2.15. The molecule has 0 aliphatic carbocycles. The van der Waals surface area contributed by atoms with Crippen molar-refractivity contribution < 1.29 is 9.21 Å². The lowest BCUT2D eigenvalue weighted by atomic mass is 10.2. The van der Waals surface area contributed by atoms with Crippen molar-refractivity contribution in [2.24, 2.45) is 0 Å². The van der Waals surface area contributed by atoms with Gasteiger partial charge in [0.05, 0.1) is 0 Å². The Morgan fingerprint density at radius 1 is 1.18 bits per heavy atom. The molecular weight excluding hydrogens is 366 g/mol. The minimum absolute atomic E-state index is 0.157. The van der Waals surface area contributed by atoms with Gasteiger partial charge in [0.25, 0.3) is 5.91 Å². The number of rotatable bonds is 3. The molecule has 1 aromatic heterocycles. The minimum atomic E-state index is -0.157. The van der Waals surface area contributed by atoms with E-state index in [0.717, 1.165) is 15.4 Å². The molecule has 0 saturated carbocycles. The van der Waals surface area contributed by atoms with E-state index < -0.39 is 0 Å². The topological polar surface area (TPSA) is 33.5 Å². The number of furan rings is 1. The highest BCUT2D eigenvalue weighted by molar-refractivity contribution is 9.10. The number of hydrogen-bond acceptors (Lipinski definition) is 2. The lowest BCUT2D eigenvalue weighted by Crippen LogP contribution is -2.25. The fourth-order valence-electron chi connectivity index (χ4n) is 2.24. The van der Waals surface area contributed by atoms with E-state index in [1.165, 1.54) is 0 Å². The van der Waals surface area contributed by atoms with Crippen LogP contribution in [0.15, 0.2) is 57.4 Å². The molecule has 0 saturated heterocycles. The van der Waals surface area contributed by atoms with Gasteiger partial charge in [0, 0.05) is 28.5 Å². The summed E-state index contributed by atoms with van der Waals surface area (Å²) in [7, 11) is 1.75. The van der Waals surface area contributed by atoms with Crippen molar-refractivity contribution in [2.45, 2.75) is 6.54 Å². The number of hydrogen-bond donors (Lipinski definition) is 0. The van der Waals surface area contributed by atoms with E-state index in [4.69, 9.17) is 16.0 Å². The third-order valence-electron chi connectivity index (χ3n) is 3.37. The zero-order valence-corrected chi connectivity index (χ0v) is 14.2. The van der Waals surface area contributed by atoms with Gasteiger partial charge in [0.2, 0.25) is 0 Å². The Hall–Kier alpha value is -1.78. The average molecular weight is 379 g/mol. The van der Waals surface area contributed by atoms with Gasteiger partial charge in [0.15, 0.2) is 5.76 Å². The van der Waals surface area contributed by atoms with Crippen LogP contribution >= 0.6 is 27.5 Å². The monoisotopic (exact) mass is 377 g/mol. The first-order valence-electron chi connectivity index (χ1n) is 6.72. The number of carbonyl (C=O) groups excluding carboxylic acids is 1. The third-order valence-corrected chi connectivity index (χ3v) is 4.13. The molecule has 1 heterocycles. The smallest absolute Gasteiger partial charge is 0.289 e. The van der Waals surface area contributed by atoms with E-state index >= 15 is 0 Å². The summed E-state index contributed by atoms with van der Waals surface area (Å²) in [6.45, 7) is 0.518. The van der Waals surface area contributed by atoms with Crippen LogP contribution in [0.5, 0.6) is 0 Å². The predicted molar refractivity (Wildman–Crippen MR) is 91.2 cm³/mol. The Labute approximate surface area is 141 Å². The number of carbonyl (C=O) groups is 1. The van der Waals surface area contributed by atoms with E-state index in [1.54, 1.807) is 36.2 Å². The zero-order chi connectivity index (χ0) is 15.7. The molecule has 0 bridgehead atoms. The Morgan fingerprint density at radius 3 is 2.64 bits per heavy atom. The Bertz CT molecular complexity index is 826. The van der Waals surface area contributed by atoms with Crippen LogP contribution < -0.4 is 0 Å². The van der Waals surface area contributed by atoms with Gasteiger partial charge < -0.3 is 9.32 Å². The van der Waals surface area contributed by atoms with Crippen molar-refractivity contribution >= 4 is 44.4 Å². The van der Waals surface area contributed by atoms with Crippen LogP contribution in [0.25, 0.3) is 11.0 Å². The number of nitrogens with zero attached hydrogens (tertiary/aromatic N) is 1. The summed E-state index contributed by atoms with van der Waals surface area (Å²) >= 11 is 9.35. The molecule has 0 aliphatic rings. The molecular formula is C17H13BrClNO2. The van der Waals surface area contributed by atoms with Gasteiger partial charge in [-0.05, 0) is 42.0 Å². The van der Waals surface area contributed by atoms with Crippen molar-refractivity contribution in [1.82, 2.24) is 4.90 Å². The van der Waals surface area contributed by atoms with E-state index in [9.17, 15) is 4.79 Å². The molecule has 0 unspecified atom stereocenters. The van der Waals surface area contributed by atoms with Crippen molar-refractivity contribution in [3.8, 4) is 0 Å². The molecule has 22 heavy (non-hydrogen) atoms. The van der Waals surface area contributed by atoms with Crippen LogP contribution in [0.1, 0.15) is 16.1 Å². The van der Waals surface area contributed by atoms with Crippen LogP contribution in [0, 0.1) is 0 Å². The van der Waals surface area contributed by atoms with Crippen LogP contribution in [-0.4, -0.2) is 17.9 Å². The molecule has 3 nitrogen and oxygen atoms in total.